The van der Waals surface area contributed by atoms with Crippen LogP contribution < -0.4 is 5.32 Å². The number of ether oxygens (including phenoxy) is 1. The Morgan fingerprint density at radius 3 is 2.48 bits per heavy atom. The van der Waals surface area contributed by atoms with Crippen LogP contribution in [0.4, 0.5) is 0 Å². The molecule has 2 rings (SSSR count). The van der Waals surface area contributed by atoms with Crippen LogP contribution in [0.25, 0.3) is 0 Å². The van der Waals surface area contributed by atoms with Gasteiger partial charge in [-0.3, -0.25) is 14.4 Å². The SMILES string of the molecule is COC(=O)CNC(=O)CC1CCN(C(=O)CCc2ccccc2)CC1. The minimum atomic E-state index is -0.452. The first-order valence-corrected chi connectivity index (χ1v) is 8.73. The van der Waals surface area contributed by atoms with Crippen molar-refractivity contribution in [2.45, 2.75) is 32.1 Å². The summed E-state index contributed by atoms with van der Waals surface area (Å²) in [5.74, 6) is -0.153. The van der Waals surface area contributed by atoms with Gasteiger partial charge in [0.1, 0.15) is 6.54 Å². The van der Waals surface area contributed by atoms with Crippen molar-refractivity contribution in [3.8, 4) is 0 Å². The number of likely N-dealkylation sites (tertiary alicyclic amines) is 1. The minimum Gasteiger partial charge on any atom is -0.468 e. The number of hydrogen-bond acceptors (Lipinski definition) is 4. The van der Waals surface area contributed by atoms with E-state index in [-0.39, 0.29) is 24.3 Å². The molecule has 0 atom stereocenters. The van der Waals surface area contributed by atoms with E-state index in [1.807, 2.05) is 35.2 Å². The molecule has 25 heavy (non-hydrogen) atoms. The maximum absolute atomic E-state index is 12.3. The molecule has 6 heteroatoms. The van der Waals surface area contributed by atoms with Gasteiger partial charge in [0.2, 0.25) is 11.8 Å². The number of amides is 2. The molecule has 2 amide bonds. The van der Waals surface area contributed by atoms with Crippen LogP contribution >= 0.6 is 0 Å². The van der Waals surface area contributed by atoms with Gasteiger partial charge in [0.25, 0.3) is 0 Å². The molecule has 0 bridgehead atoms. The van der Waals surface area contributed by atoms with Gasteiger partial charge in [-0.1, -0.05) is 30.3 Å². The van der Waals surface area contributed by atoms with Crippen molar-refractivity contribution in [1.29, 1.82) is 0 Å². The number of esters is 1. The molecule has 1 aromatic rings. The van der Waals surface area contributed by atoms with E-state index in [9.17, 15) is 14.4 Å². The summed E-state index contributed by atoms with van der Waals surface area (Å²) in [7, 11) is 1.29. The molecule has 136 valence electrons. The standard InChI is InChI=1S/C19H26N2O4/c1-25-19(24)14-20-17(22)13-16-9-11-21(12-10-16)18(23)8-7-15-5-3-2-4-6-15/h2-6,16H,7-14H2,1H3,(H,20,22). The Bertz CT molecular complexity index is 580. The quantitative estimate of drug-likeness (QED) is 0.760. The highest BCUT2D eigenvalue weighted by Gasteiger charge is 2.24. The molecule has 1 aliphatic heterocycles. The van der Waals surface area contributed by atoms with Crippen LogP contribution in [0.1, 0.15) is 31.2 Å². The van der Waals surface area contributed by atoms with Crippen molar-refractivity contribution in [2.75, 3.05) is 26.7 Å². The van der Waals surface area contributed by atoms with Crippen LogP contribution in [0.5, 0.6) is 0 Å². The first kappa shape index (κ1) is 19.0. The Morgan fingerprint density at radius 1 is 1.16 bits per heavy atom. The second-order valence-corrected chi connectivity index (χ2v) is 6.37. The molecule has 1 aromatic carbocycles. The molecule has 0 saturated carbocycles. The Hall–Kier alpha value is -2.37. The topological polar surface area (TPSA) is 75.7 Å². The van der Waals surface area contributed by atoms with E-state index in [4.69, 9.17) is 0 Å². The molecule has 0 aromatic heterocycles. The fraction of sp³-hybridized carbons (Fsp3) is 0.526. The average molecular weight is 346 g/mol. The monoisotopic (exact) mass is 346 g/mol. The van der Waals surface area contributed by atoms with Gasteiger partial charge in [0.05, 0.1) is 7.11 Å². The highest BCUT2D eigenvalue weighted by atomic mass is 16.5. The fourth-order valence-electron chi connectivity index (χ4n) is 3.02. The molecule has 1 saturated heterocycles. The Labute approximate surface area is 148 Å². The van der Waals surface area contributed by atoms with Gasteiger partial charge >= 0.3 is 5.97 Å². The predicted molar refractivity (Wildman–Crippen MR) is 93.7 cm³/mol. The highest BCUT2D eigenvalue weighted by molar-refractivity contribution is 5.82. The molecular weight excluding hydrogens is 320 g/mol. The van der Waals surface area contributed by atoms with Crippen molar-refractivity contribution < 1.29 is 19.1 Å². The summed E-state index contributed by atoms with van der Waals surface area (Å²) in [5, 5.41) is 2.56. The van der Waals surface area contributed by atoms with Gasteiger partial charge in [-0.2, -0.15) is 0 Å². The number of nitrogens with one attached hydrogen (secondary N) is 1. The first-order chi connectivity index (χ1) is 12.1. The predicted octanol–water partition coefficient (Wildman–Crippen LogP) is 1.54. The maximum atomic E-state index is 12.3. The number of aryl methyl sites for hydroxylation is 1. The lowest BCUT2D eigenvalue weighted by Gasteiger charge is -2.31. The molecule has 0 spiro atoms. The number of methoxy groups -OCH3 is 1. The molecule has 6 nitrogen and oxygen atoms in total. The molecule has 1 fully saturated rings. The number of hydrogen-bond donors (Lipinski definition) is 1. The normalized spacial score (nSPS) is 14.8. The lowest BCUT2D eigenvalue weighted by atomic mass is 9.93. The molecule has 1 N–H and O–H groups in total. The van der Waals surface area contributed by atoms with Gasteiger partial charge in [-0.05, 0) is 30.7 Å². The van der Waals surface area contributed by atoms with Gasteiger partial charge in [-0.25, -0.2) is 0 Å². The van der Waals surface area contributed by atoms with Crippen LogP contribution in [-0.4, -0.2) is 49.4 Å². The number of piperidine rings is 1. The number of rotatable bonds is 7. The Kier molecular flexibility index (Phi) is 7.44. The van der Waals surface area contributed by atoms with Crippen molar-refractivity contribution in [1.82, 2.24) is 10.2 Å². The Balaban J connectivity index is 1.66. The van der Waals surface area contributed by atoms with Crippen LogP contribution in [0.2, 0.25) is 0 Å². The fourth-order valence-corrected chi connectivity index (χ4v) is 3.02. The second kappa shape index (κ2) is 9.81. The zero-order valence-corrected chi connectivity index (χ0v) is 14.7. The third kappa shape index (κ3) is 6.57. The van der Waals surface area contributed by atoms with Gasteiger partial charge in [0.15, 0.2) is 0 Å². The van der Waals surface area contributed by atoms with Crippen LogP contribution in [0.15, 0.2) is 30.3 Å². The van der Waals surface area contributed by atoms with E-state index in [1.54, 1.807) is 0 Å². The van der Waals surface area contributed by atoms with Crippen LogP contribution in [0.3, 0.4) is 0 Å². The smallest absolute Gasteiger partial charge is 0.325 e. The summed E-state index contributed by atoms with van der Waals surface area (Å²) < 4.78 is 4.49. The lowest BCUT2D eigenvalue weighted by molar-refractivity contribution is -0.141. The van der Waals surface area contributed by atoms with E-state index in [2.05, 4.69) is 10.1 Å². The number of nitrogens with zero attached hydrogens (tertiary/aromatic N) is 1. The maximum Gasteiger partial charge on any atom is 0.325 e. The summed E-state index contributed by atoms with van der Waals surface area (Å²) in [6.45, 7) is 1.30. The lowest BCUT2D eigenvalue weighted by Crippen LogP contribution is -2.40. The van der Waals surface area contributed by atoms with Gasteiger partial charge < -0.3 is 15.0 Å². The average Bonchev–Trinajstić information content (AvgIpc) is 2.65. The van der Waals surface area contributed by atoms with E-state index in [1.165, 1.54) is 12.7 Å². The Morgan fingerprint density at radius 2 is 1.84 bits per heavy atom. The van der Waals surface area contributed by atoms with E-state index in [0.717, 1.165) is 19.3 Å². The number of carbonyl (C=O) groups is 3. The minimum absolute atomic E-state index is 0.0911. The molecule has 0 aliphatic carbocycles. The molecule has 0 unspecified atom stereocenters. The van der Waals surface area contributed by atoms with Gasteiger partial charge in [-0.15, -0.1) is 0 Å². The van der Waals surface area contributed by atoms with E-state index >= 15 is 0 Å². The molecule has 1 aliphatic rings. The van der Waals surface area contributed by atoms with Crippen molar-refractivity contribution in [3.63, 3.8) is 0 Å². The summed E-state index contributed by atoms with van der Waals surface area (Å²) in [4.78, 5) is 37.0. The van der Waals surface area contributed by atoms with Crippen molar-refractivity contribution >= 4 is 17.8 Å². The van der Waals surface area contributed by atoms with E-state index in [0.29, 0.717) is 25.9 Å². The van der Waals surface area contributed by atoms with E-state index < -0.39 is 5.97 Å². The molecule has 0 radical (unpaired) electrons. The zero-order chi connectivity index (χ0) is 18.1. The third-order valence-corrected chi connectivity index (χ3v) is 4.57. The summed E-state index contributed by atoms with van der Waals surface area (Å²) in [6.07, 6.45) is 3.32. The number of carbonyl (C=O) groups excluding carboxylic acids is 3. The van der Waals surface area contributed by atoms with Crippen LogP contribution in [0, 0.1) is 5.92 Å². The highest BCUT2D eigenvalue weighted by Crippen LogP contribution is 2.21. The van der Waals surface area contributed by atoms with Crippen LogP contribution in [-0.2, 0) is 25.5 Å². The summed E-state index contributed by atoms with van der Waals surface area (Å²) in [5.41, 5.74) is 1.17. The largest absolute Gasteiger partial charge is 0.468 e. The first-order valence-electron chi connectivity index (χ1n) is 8.73. The second-order valence-electron chi connectivity index (χ2n) is 6.37. The molecular formula is C19H26N2O4. The van der Waals surface area contributed by atoms with Crippen molar-refractivity contribution in [2.24, 2.45) is 5.92 Å². The summed E-state index contributed by atoms with van der Waals surface area (Å²) >= 11 is 0. The third-order valence-electron chi connectivity index (χ3n) is 4.57. The van der Waals surface area contributed by atoms with Crippen molar-refractivity contribution in [3.05, 3.63) is 35.9 Å². The zero-order valence-electron chi connectivity index (χ0n) is 14.7. The summed E-state index contributed by atoms with van der Waals surface area (Å²) in [6, 6.07) is 10.0. The number of benzene rings is 1. The van der Waals surface area contributed by atoms with Gasteiger partial charge in [0, 0.05) is 25.9 Å². The molecule has 1 heterocycles.